The predicted octanol–water partition coefficient (Wildman–Crippen LogP) is 2.42. The summed E-state index contributed by atoms with van der Waals surface area (Å²) in [7, 11) is 0. The quantitative estimate of drug-likeness (QED) is 0.436. The molecule has 1 amide bonds. The lowest BCUT2D eigenvalue weighted by atomic mass is 10.1. The van der Waals surface area contributed by atoms with E-state index in [1.165, 1.54) is 0 Å². The summed E-state index contributed by atoms with van der Waals surface area (Å²) in [5.74, 6) is 1.32. The number of pyridine rings is 1. The predicted molar refractivity (Wildman–Crippen MR) is 123 cm³/mol. The van der Waals surface area contributed by atoms with Gasteiger partial charge < -0.3 is 15.4 Å². The van der Waals surface area contributed by atoms with Gasteiger partial charge in [-0.2, -0.15) is 10.1 Å². The van der Waals surface area contributed by atoms with Gasteiger partial charge in [0.15, 0.2) is 5.82 Å². The molecule has 0 bridgehead atoms. The normalized spacial score (nSPS) is 15.9. The highest BCUT2D eigenvalue weighted by atomic mass is 16.5. The van der Waals surface area contributed by atoms with Crippen LogP contribution in [0.3, 0.4) is 0 Å². The molecule has 3 aromatic heterocycles. The second-order valence-electron chi connectivity index (χ2n) is 7.84. The Morgan fingerprint density at radius 1 is 1.31 bits per heavy atom. The Labute approximate surface area is 187 Å². The van der Waals surface area contributed by atoms with Gasteiger partial charge >= 0.3 is 0 Å². The molecule has 0 unspecified atom stereocenters. The van der Waals surface area contributed by atoms with E-state index in [1.807, 2.05) is 37.6 Å². The van der Waals surface area contributed by atoms with E-state index in [0.717, 1.165) is 29.7 Å². The molecule has 4 rings (SSSR count). The number of rotatable bonds is 9. The molecule has 0 aliphatic carbocycles. The van der Waals surface area contributed by atoms with Crippen LogP contribution in [0.1, 0.15) is 31.5 Å². The largest absolute Gasteiger partial charge is 0.380 e. The number of aromatic nitrogens is 5. The number of nitrogens with one attached hydrogen (secondary N) is 3. The third-order valence-electron chi connectivity index (χ3n) is 5.47. The lowest BCUT2D eigenvalue weighted by molar-refractivity contribution is -0.119. The lowest BCUT2D eigenvalue weighted by Crippen LogP contribution is -2.25. The fourth-order valence-corrected chi connectivity index (χ4v) is 3.74. The summed E-state index contributed by atoms with van der Waals surface area (Å²) >= 11 is 0. The van der Waals surface area contributed by atoms with E-state index in [4.69, 9.17) is 9.84 Å². The standard InChI is InChI=1S/C22H30N8O2/c1-4-16-18-19(30(29-16)10-11-32-5-2)20(25-17-7-6-14(3)12-24-17)27-22(26-18)28-21(31)15-8-9-23-13-15/h6-7,12,15,23H,4-5,8-11,13H2,1-3H3,(H2,24,25,26,27,28,31)/t15-/m0/s1. The van der Waals surface area contributed by atoms with Gasteiger partial charge in [0, 0.05) is 19.3 Å². The molecule has 4 heterocycles. The number of anilines is 3. The Hall–Kier alpha value is -3.11. The van der Waals surface area contributed by atoms with Gasteiger partial charge in [0.1, 0.15) is 16.9 Å². The Balaban J connectivity index is 1.74. The maximum atomic E-state index is 12.7. The van der Waals surface area contributed by atoms with Gasteiger partial charge in [-0.25, -0.2) is 9.97 Å². The summed E-state index contributed by atoms with van der Waals surface area (Å²) in [5.41, 5.74) is 3.39. The van der Waals surface area contributed by atoms with Crippen molar-refractivity contribution in [3.63, 3.8) is 0 Å². The summed E-state index contributed by atoms with van der Waals surface area (Å²) in [6.45, 7) is 9.25. The zero-order valence-corrected chi connectivity index (χ0v) is 18.8. The Morgan fingerprint density at radius 2 is 2.19 bits per heavy atom. The maximum absolute atomic E-state index is 12.7. The molecule has 0 spiro atoms. The lowest BCUT2D eigenvalue weighted by Gasteiger charge is -2.13. The van der Waals surface area contributed by atoms with Gasteiger partial charge in [0.05, 0.1) is 24.8 Å². The van der Waals surface area contributed by atoms with E-state index in [2.05, 4.69) is 30.9 Å². The fourth-order valence-electron chi connectivity index (χ4n) is 3.74. The molecule has 0 radical (unpaired) electrons. The number of carbonyl (C=O) groups excluding carboxylic acids is 1. The minimum atomic E-state index is -0.0796. The van der Waals surface area contributed by atoms with Crippen molar-refractivity contribution in [2.24, 2.45) is 5.92 Å². The molecule has 0 saturated carbocycles. The molecular weight excluding hydrogens is 408 g/mol. The van der Waals surface area contributed by atoms with Crippen molar-refractivity contribution in [3.05, 3.63) is 29.6 Å². The maximum Gasteiger partial charge on any atom is 0.232 e. The van der Waals surface area contributed by atoms with Crippen LogP contribution in [0.15, 0.2) is 18.3 Å². The van der Waals surface area contributed by atoms with Crippen molar-refractivity contribution < 1.29 is 9.53 Å². The van der Waals surface area contributed by atoms with Crippen LogP contribution < -0.4 is 16.0 Å². The Kier molecular flexibility index (Phi) is 6.91. The van der Waals surface area contributed by atoms with Crippen LogP contribution in [-0.2, 0) is 22.5 Å². The van der Waals surface area contributed by atoms with Crippen LogP contribution in [0.4, 0.5) is 17.6 Å². The molecule has 32 heavy (non-hydrogen) atoms. The highest BCUT2D eigenvalue weighted by molar-refractivity contribution is 5.95. The number of hydrogen-bond donors (Lipinski definition) is 3. The SMILES string of the molecule is CCOCCn1nc(CC)c2nc(NC(=O)[C@H]3CCNC3)nc(Nc3ccc(C)cn3)c21. The van der Waals surface area contributed by atoms with E-state index in [0.29, 0.717) is 49.9 Å². The topological polar surface area (TPSA) is 119 Å². The number of amides is 1. The first-order valence-electron chi connectivity index (χ1n) is 11.2. The zero-order valence-electron chi connectivity index (χ0n) is 18.8. The van der Waals surface area contributed by atoms with Gasteiger partial charge in [0.2, 0.25) is 11.9 Å². The van der Waals surface area contributed by atoms with Crippen molar-refractivity contribution in [3.8, 4) is 0 Å². The zero-order chi connectivity index (χ0) is 22.5. The number of aryl methyl sites for hydroxylation is 2. The summed E-state index contributed by atoms with van der Waals surface area (Å²) in [6.07, 6.45) is 3.31. The molecule has 1 atom stereocenters. The second-order valence-corrected chi connectivity index (χ2v) is 7.84. The molecule has 3 N–H and O–H groups in total. The van der Waals surface area contributed by atoms with E-state index < -0.39 is 0 Å². The molecule has 1 saturated heterocycles. The molecule has 1 aliphatic heterocycles. The van der Waals surface area contributed by atoms with Crippen molar-refractivity contribution in [2.45, 2.75) is 40.2 Å². The third kappa shape index (κ3) is 4.86. The molecule has 1 aliphatic rings. The summed E-state index contributed by atoms with van der Waals surface area (Å²) in [4.78, 5) is 26.5. The molecule has 10 nitrogen and oxygen atoms in total. The van der Waals surface area contributed by atoms with Crippen LogP contribution >= 0.6 is 0 Å². The Morgan fingerprint density at radius 3 is 2.88 bits per heavy atom. The van der Waals surface area contributed by atoms with Gasteiger partial charge in [-0.3, -0.25) is 14.8 Å². The number of ether oxygens (including phenoxy) is 1. The van der Waals surface area contributed by atoms with E-state index in [-0.39, 0.29) is 17.8 Å². The monoisotopic (exact) mass is 438 g/mol. The average Bonchev–Trinajstić information content (AvgIpc) is 3.44. The molecule has 0 aromatic carbocycles. The number of hydrogen-bond acceptors (Lipinski definition) is 8. The second kappa shape index (κ2) is 10.0. The van der Waals surface area contributed by atoms with Gasteiger partial charge in [0.25, 0.3) is 0 Å². The van der Waals surface area contributed by atoms with E-state index >= 15 is 0 Å². The minimum Gasteiger partial charge on any atom is -0.380 e. The van der Waals surface area contributed by atoms with E-state index in [9.17, 15) is 4.79 Å². The van der Waals surface area contributed by atoms with Gasteiger partial charge in [-0.05, 0) is 44.9 Å². The number of nitrogens with zero attached hydrogens (tertiary/aromatic N) is 5. The van der Waals surface area contributed by atoms with Crippen molar-refractivity contribution in [1.29, 1.82) is 0 Å². The van der Waals surface area contributed by atoms with Crippen molar-refractivity contribution >= 4 is 34.5 Å². The van der Waals surface area contributed by atoms with Gasteiger partial charge in [-0.1, -0.05) is 13.0 Å². The number of carbonyl (C=O) groups is 1. The first kappa shape index (κ1) is 22.1. The summed E-state index contributed by atoms with van der Waals surface area (Å²) in [6, 6.07) is 3.88. The molecule has 10 heteroatoms. The average molecular weight is 439 g/mol. The highest BCUT2D eigenvalue weighted by Gasteiger charge is 2.25. The van der Waals surface area contributed by atoms with Crippen LogP contribution in [-0.4, -0.2) is 56.9 Å². The van der Waals surface area contributed by atoms with Crippen LogP contribution in [0, 0.1) is 12.8 Å². The molecule has 1 fully saturated rings. The van der Waals surface area contributed by atoms with E-state index in [1.54, 1.807) is 6.20 Å². The minimum absolute atomic E-state index is 0.0736. The smallest absolute Gasteiger partial charge is 0.232 e. The first-order valence-corrected chi connectivity index (χ1v) is 11.2. The summed E-state index contributed by atoms with van der Waals surface area (Å²) < 4.78 is 7.40. The number of fused-ring (bicyclic) bond motifs is 1. The van der Waals surface area contributed by atoms with Crippen LogP contribution in [0.5, 0.6) is 0 Å². The molecule has 3 aromatic rings. The highest BCUT2D eigenvalue weighted by Crippen LogP contribution is 2.28. The van der Waals surface area contributed by atoms with Crippen LogP contribution in [0.25, 0.3) is 11.0 Å². The first-order chi connectivity index (χ1) is 15.6. The fraction of sp³-hybridized carbons (Fsp3) is 0.500. The van der Waals surface area contributed by atoms with Gasteiger partial charge in [-0.15, -0.1) is 0 Å². The Bertz CT molecular complexity index is 1070. The molecule has 170 valence electrons. The van der Waals surface area contributed by atoms with Crippen LogP contribution in [0.2, 0.25) is 0 Å². The van der Waals surface area contributed by atoms with Crippen molar-refractivity contribution in [1.82, 2.24) is 30.0 Å². The van der Waals surface area contributed by atoms with Crippen molar-refractivity contribution in [2.75, 3.05) is 36.9 Å². The molecular formula is C22H30N8O2. The third-order valence-corrected chi connectivity index (χ3v) is 5.47. The summed E-state index contributed by atoms with van der Waals surface area (Å²) in [5, 5.41) is 14.2.